The first-order chi connectivity index (χ1) is 7.11. The van der Waals surface area contributed by atoms with E-state index in [9.17, 15) is 9.59 Å². The molecule has 88 valence electrons. The summed E-state index contributed by atoms with van der Waals surface area (Å²) >= 11 is 2.06. The summed E-state index contributed by atoms with van der Waals surface area (Å²) in [5.41, 5.74) is 0. The molecule has 6 heteroatoms. The number of unbranched alkanes of at least 4 members (excludes halogenated alkanes) is 1. The van der Waals surface area contributed by atoms with Crippen molar-refractivity contribution in [1.82, 2.24) is 5.32 Å². The number of rotatable bonds is 7. The van der Waals surface area contributed by atoms with Gasteiger partial charge in [0.1, 0.15) is 6.04 Å². The first kappa shape index (κ1) is 14.5. The largest absolute Gasteiger partial charge is 0.480 e. The second-order valence-corrected chi connectivity index (χ2v) is 4.08. The minimum absolute atomic E-state index is 0.332. The highest BCUT2D eigenvalue weighted by molar-refractivity contribution is 14.1. The average Bonchev–Trinajstić information content (AvgIpc) is 2.17. The zero-order chi connectivity index (χ0) is 11.7. The predicted molar refractivity (Wildman–Crippen MR) is 64.3 cm³/mol. The Morgan fingerprint density at radius 2 is 2.20 bits per heavy atom. The van der Waals surface area contributed by atoms with Crippen LogP contribution in [0.3, 0.4) is 0 Å². The van der Waals surface area contributed by atoms with Gasteiger partial charge in [-0.1, -0.05) is 35.9 Å². The van der Waals surface area contributed by atoms with Gasteiger partial charge in [0, 0.05) is 4.43 Å². The number of ether oxygens (including phenoxy) is 1. The van der Waals surface area contributed by atoms with Gasteiger partial charge in [-0.15, -0.1) is 0 Å². The van der Waals surface area contributed by atoms with Crippen molar-refractivity contribution >= 4 is 34.7 Å². The number of halogens is 1. The number of alkyl halides is 1. The Labute approximate surface area is 103 Å². The zero-order valence-corrected chi connectivity index (χ0v) is 10.8. The van der Waals surface area contributed by atoms with Gasteiger partial charge in [-0.2, -0.15) is 0 Å². The lowest BCUT2D eigenvalue weighted by atomic mass is 10.2. The number of aliphatic carboxylic acids is 1. The lowest BCUT2D eigenvalue weighted by molar-refractivity contribution is -0.139. The molecule has 0 fully saturated rings. The SMILES string of the molecule is CCCCOC(=O)NC(CCI)C(=O)O. The summed E-state index contributed by atoms with van der Waals surface area (Å²) in [5.74, 6) is -1.03. The summed E-state index contributed by atoms with van der Waals surface area (Å²) in [5, 5.41) is 11.1. The van der Waals surface area contributed by atoms with Gasteiger partial charge >= 0.3 is 12.1 Å². The van der Waals surface area contributed by atoms with E-state index in [0.717, 1.165) is 12.8 Å². The fourth-order valence-electron chi connectivity index (χ4n) is 0.860. The molecule has 0 saturated carbocycles. The molecule has 0 spiro atoms. The Morgan fingerprint density at radius 1 is 1.53 bits per heavy atom. The molecule has 15 heavy (non-hydrogen) atoms. The van der Waals surface area contributed by atoms with Crippen LogP contribution in [-0.4, -0.2) is 34.2 Å². The van der Waals surface area contributed by atoms with E-state index in [1.165, 1.54) is 0 Å². The molecular weight excluding hydrogens is 313 g/mol. The highest BCUT2D eigenvalue weighted by Gasteiger charge is 2.19. The monoisotopic (exact) mass is 329 g/mol. The second kappa shape index (κ2) is 8.75. The number of carboxylic acid groups (broad SMARTS) is 1. The molecule has 1 amide bonds. The first-order valence-electron chi connectivity index (χ1n) is 4.83. The van der Waals surface area contributed by atoms with Crippen LogP contribution in [-0.2, 0) is 9.53 Å². The molecule has 0 saturated heterocycles. The quantitative estimate of drug-likeness (QED) is 0.424. The molecular formula is C9H16INO4. The maximum Gasteiger partial charge on any atom is 0.407 e. The van der Waals surface area contributed by atoms with Crippen LogP contribution in [0.4, 0.5) is 4.79 Å². The summed E-state index contributed by atoms with van der Waals surface area (Å²) in [4.78, 5) is 21.8. The lowest BCUT2D eigenvalue weighted by Gasteiger charge is -2.12. The van der Waals surface area contributed by atoms with Crippen LogP contribution in [0.2, 0.25) is 0 Å². The smallest absolute Gasteiger partial charge is 0.407 e. The molecule has 0 aliphatic carbocycles. The molecule has 0 aliphatic heterocycles. The van der Waals surface area contributed by atoms with Crippen LogP contribution in [0.15, 0.2) is 0 Å². The van der Waals surface area contributed by atoms with Crippen molar-refractivity contribution in [3.05, 3.63) is 0 Å². The normalized spacial score (nSPS) is 11.9. The van der Waals surface area contributed by atoms with Crippen LogP contribution in [0, 0.1) is 0 Å². The van der Waals surface area contributed by atoms with E-state index in [1.807, 2.05) is 6.92 Å². The molecule has 2 N–H and O–H groups in total. The molecule has 0 aliphatic rings. The van der Waals surface area contributed by atoms with Gasteiger partial charge in [0.2, 0.25) is 0 Å². The Kier molecular flexibility index (Phi) is 8.44. The molecule has 1 atom stereocenters. The molecule has 0 aromatic heterocycles. The molecule has 0 aromatic carbocycles. The fourth-order valence-corrected chi connectivity index (χ4v) is 1.48. The van der Waals surface area contributed by atoms with Gasteiger partial charge in [0.15, 0.2) is 0 Å². The van der Waals surface area contributed by atoms with E-state index in [2.05, 4.69) is 27.9 Å². The Bertz CT molecular complexity index is 210. The van der Waals surface area contributed by atoms with Crippen LogP contribution < -0.4 is 5.32 Å². The predicted octanol–water partition coefficient (Wildman–Crippen LogP) is 1.79. The maximum absolute atomic E-state index is 11.1. The van der Waals surface area contributed by atoms with Crippen LogP contribution in [0.25, 0.3) is 0 Å². The van der Waals surface area contributed by atoms with Gasteiger partial charge in [0.25, 0.3) is 0 Å². The van der Waals surface area contributed by atoms with Gasteiger partial charge in [-0.3, -0.25) is 0 Å². The molecule has 5 nitrogen and oxygen atoms in total. The lowest BCUT2D eigenvalue weighted by Crippen LogP contribution is -2.41. The van der Waals surface area contributed by atoms with Gasteiger partial charge < -0.3 is 15.2 Å². The molecule has 1 unspecified atom stereocenters. The van der Waals surface area contributed by atoms with Gasteiger partial charge in [-0.25, -0.2) is 9.59 Å². The van der Waals surface area contributed by atoms with Crippen LogP contribution in [0.1, 0.15) is 26.2 Å². The van der Waals surface area contributed by atoms with E-state index < -0.39 is 18.1 Å². The van der Waals surface area contributed by atoms with Crippen molar-refractivity contribution in [2.75, 3.05) is 11.0 Å². The van der Waals surface area contributed by atoms with Crippen molar-refractivity contribution in [3.8, 4) is 0 Å². The maximum atomic E-state index is 11.1. The Hall–Kier alpha value is -0.530. The van der Waals surface area contributed by atoms with Crippen molar-refractivity contribution in [2.24, 2.45) is 0 Å². The van der Waals surface area contributed by atoms with Crippen LogP contribution >= 0.6 is 22.6 Å². The van der Waals surface area contributed by atoms with Crippen molar-refractivity contribution in [1.29, 1.82) is 0 Å². The summed E-state index contributed by atoms with van der Waals surface area (Å²) in [6.45, 7) is 2.32. The van der Waals surface area contributed by atoms with E-state index in [0.29, 0.717) is 17.5 Å². The number of hydrogen-bond donors (Lipinski definition) is 2. The number of carbonyl (C=O) groups is 2. The van der Waals surface area contributed by atoms with Crippen molar-refractivity contribution < 1.29 is 19.4 Å². The highest BCUT2D eigenvalue weighted by atomic mass is 127. The van der Waals surface area contributed by atoms with E-state index >= 15 is 0 Å². The Balaban J connectivity index is 3.84. The van der Waals surface area contributed by atoms with E-state index in [1.54, 1.807) is 0 Å². The van der Waals surface area contributed by atoms with Crippen molar-refractivity contribution in [2.45, 2.75) is 32.2 Å². The zero-order valence-electron chi connectivity index (χ0n) is 8.66. The average molecular weight is 329 g/mol. The molecule has 0 aromatic rings. The third-order valence-corrected chi connectivity index (χ3v) is 2.34. The minimum atomic E-state index is -1.03. The third-order valence-electron chi connectivity index (χ3n) is 1.72. The Morgan fingerprint density at radius 3 is 2.67 bits per heavy atom. The first-order valence-corrected chi connectivity index (χ1v) is 6.36. The summed E-state index contributed by atoms with van der Waals surface area (Å²) in [6, 6.07) is -0.851. The standard InChI is InChI=1S/C9H16INO4/c1-2-3-6-15-9(14)11-7(4-5-10)8(12)13/h7H,2-6H2,1H3,(H,11,14)(H,12,13). The summed E-state index contributed by atoms with van der Waals surface area (Å²) in [7, 11) is 0. The van der Waals surface area contributed by atoms with Crippen LogP contribution in [0.5, 0.6) is 0 Å². The molecule has 0 heterocycles. The summed E-state index contributed by atoms with van der Waals surface area (Å²) in [6.07, 6.45) is 1.47. The number of hydrogen-bond acceptors (Lipinski definition) is 3. The molecule has 0 bridgehead atoms. The molecule has 0 rings (SSSR count). The topological polar surface area (TPSA) is 75.6 Å². The van der Waals surface area contributed by atoms with E-state index in [-0.39, 0.29) is 0 Å². The number of nitrogens with one attached hydrogen (secondary N) is 1. The fraction of sp³-hybridized carbons (Fsp3) is 0.778. The van der Waals surface area contributed by atoms with Gasteiger partial charge in [-0.05, 0) is 12.8 Å². The number of alkyl carbamates (subject to hydrolysis) is 1. The second-order valence-electron chi connectivity index (χ2n) is 3.00. The highest BCUT2D eigenvalue weighted by Crippen LogP contribution is 1.98. The van der Waals surface area contributed by atoms with E-state index in [4.69, 9.17) is 9.84 Å². The number of amides is 1. The minimum Gasteiger partial charge on any atom is -0.480 e. The van der Waals surface area contributed by atoms with Crippen molar-refractivity contribution in [3.63, 3.8) is 0 Å². The van der Waals surface area contributed by atoms with Gasteiger partial charge in [0.05, 0.1) is 6.61 Å². The summed E-state index contributed by atoms with van der Waals surface area (Å²) < 4.78 is 5.46. The number of carbonyl (C=O) groups excluding carboxylic acids is 1. The molecule has 0 radical (unpaired) electrons. The third kappa shape index (κ3) is 7.40. The number of carboxylic acids is 1.